The Balaban J connectivity index is 2.07. The van der Waals surface area contributed by atoms with Gasteiger partial charge in [-0.3, -0.25) is 9.59 Å². The number of benzene rings is 2. The van der Waals surface area contributed by atoms with Crippen molar-refractivity contribution < 1.29 is 9.59 Å². The van der Waals surface area contributed by atoms with Crippen molar-refractivity contribution >= 4 is 29.0 Å². The summed E-state index contributed by atoms with van der Waals surface area (Å²) >= 11 is 6.42. The van der Waals surface area contributed by atoms with E-state index in [-0.39, 0.29) is 23.6 Å². The van der Waals surface area contributed by atoms with E-state index in [2.05, 4.69) is 17.5 Å². The molecule has 2 aliphatic rings. The highest BCUT2D eigenvalue weighted by Gasteiger charge is 2.69. The van der Waals surface area contributed by atoms with Crippen LogP contribution in [0, 0.1) is 28.1 Å². The molecule has 4 rings (SSSR count). The van der Waals surface area contributed by atoms with Crippen LogP contribution >= 0.6 is 11.6 Å². The van der Waals surface area contributed by atoms with Gasteiger partial charge in [0.25, 0.3) is 0 Å². The SMILES string of the molecule is N#CC1(C#N)[C@@H](c2ccccc2)CC(=O)C[C@@]12C(=O)Nc1cccc(Cl)c12. The van der Waals surface area contributed by atoms with Crippen LogP contribution in [0.15, 0.2) is 48.5 Å². The Morgan fingerprint density at radius 1 is 1.04 bits per heavy atom. The highest BCUT2D eigenvalue weighted by atomic mass is 35.5. The van der Waals surface area contributed by atoms with Gasteiger partial charge in [-0.1, -0.05) is 48.0 Å². The summed E-state index contributed by atoms with van der Waals surface area (Å²) in [6, 6.07) is 18.2. The molecule has 1 aliphatic carbocycles. The van der Waals surface area contributed by atoms with E-state index < -0.39 is 22.7 Å². The number of nitrogens with zero attached hydrogens (tertiary/aromatic N) is 2. The van der Waals surface area contributed by atoms with Crippen LogP contribution in [0.25, 0.3) is 0 Å². The van der Waals surface area contributed by atoms with Crippen molar-refractivity contribution in [3.63, 3.8) is 0 Å². The molecule has 1 heterocycles. The van der Waals surface area contributed by atoms with E-state index in [1.165, 1.54) is 0 Å². The molecule has 2 atom stereocenters. The maximum atomic E-state index is 13.2. The minimum atomic E-state index is -1.76. The number of halogens is 1. The molecule has 1 aliphatic heterocycles. The van der Waals surface area contributed by atoms with Gasteiger partial charge in [-0.05, 0) is 17.7 Å². The number of nitriles is 2. The fourth-order valence-electron chi connectivity index (χ4n) is 4.56. The standard InChI is InChI=1S/C21H14ClN3O2/c22-16-7-4-8-17-18(16)21(19(27)25-17)10-14(26)9-15(20(21,11-23)12-24)13-5-2-1-3-6-13/h1-8,15H,9-10H2,(H,25,27)/t15-,21-/m1/s1. The summed E-state index contributed by atoms with van der Waals surface area (Å²) in [6.45, 7) is 0. The number of nitrogens with one attached hydrogen (secondary N) is 1. The summed E-state index contributed by atoms with van der Waals surface area (Å²) in [5.41, 5.74) is -1.90. The minimum absolute atomic E-state index is 0.0277. The zero-order valence-electron chi connectivity index (χ0n) is 14.2. The molecule has 6 heteroatoms. The maximum absolute atomic E-state index is 13.2. The van der Waals surface area contributed by atoms with Crippen LogP contribution < -0.4 is 5.32 Å². The summed E-state index contributed by atoms with van der Waals surface area (Å²) in [5.74, 6) is -1.43. The highest BCUT2D eigenvalue weighted by molar-refractivity contribution is 6.33. The van der Waals surface area contributed by atoms with Crippen molar-refractivity contribution in [1.82, 2.24) is 0 Å². The van der Waals surface area contributed by atoms with Crippen molar-refractivity contribution in [2.24, 2.45) is 5.41 Å². The van der Waals surface area contributed by atoms with Gasteiger partial charge in [-0.2, -0.15) is 10.5 Å². The molecule has 1 amide bonds. The molecule has 0 bridgehead atoms. The lowest BCUT2D eigenvalue weighted by Gasteiger charge is -2.46. The molecule has 2 aromatic carbocycles. The van der Waals surface area contributed by atoms with Gasteiger partial charge in [0.2, 0.25) is 5.91 Å². The third-order valence-corrected chi connectivity index (χ3v) is 6.04. The number of Topliss-reactive ketones (excluding diaryl/α,β-unsaturated/α-hetero) is 1. The summed E-state index contributed by atoms with van der Waals surface area (Å²) in [7, 11) is 0. The first-order valence-corrected chi connectivity index (χ1v) is 8.87. The molecule has 5 nitrogen and oxygen atoms in total. The first-order valence-electron chi connectivity index (χ1n) is 8.50. The van der Waals surface area contributed by atoms with Crippen molar-refractivity contribution in [3.8, 4) is 12.1 Å². The average molecular weight is 376 g/mol. The van der Waals surface area contributed by atoms with Crippen molar-refractivity contribution in [3.05, 3.63) is 64.7 Å². The number of carbonyl (C=O) groups is 2. The van der Waals surface area contributed by atoms with Gasteiger partial charge in [0, 0.05) is 35.0 Å². The van der Waals surface area contributed by atoms with Crippen LogP contribution in [0.5, 0.6) is 0 Å². The molecule has 0 aromatic heterocycles. The van der Waals surface area contributed by atoms with E-state index in [9.17, 15) is 20.1 Å². The first-order chi connectivity index (χ1) is 13.0. The number of carbonyl (C=O) groups excluding carboxylic acids is 2. The molecule has 0 unspecified atom stereocenters. The number of hydrogen-bond donors (Lipinski definition) is 1. The summed E-state index contributed by atoms with van der Waals surface area (Å²) in [4.78, 5) is 25.9. The molecular weight excluding hydrogens is 362 g/mol. The van der Waals surface area contributed by atoms with E-state index in [4.69, 9.17) is 11.6 Å². The van der Waals surface area contributed by atoms with E-state index in [0.717, 1.165) is 0 Å². The van der Waals surface area contributed by atoms with E-state index in [1.54, 1.807) is 42.5 Å². The van der Waals surface area contributed by atoms with Crippen LogP contribution in [0.4, 0.5) is 5.69 Å². The fourth-order valence-corrected chi connectivity index (χ4v) is 4.90. The zero-order chi connectivity index (χ0) is 19.2. The van der Waals surface area contributed by atoms with Gasteiger partial charge in [-0.25, -0.2) is 0 Å². The number of rotatable bonds is 1. The second kappa shape index (κ2) is 5.94. The van der Waals surface area contributed by atoms with Crippen LogP contribution in [0.2, 0.25) is 5.02 Å². The van der Waals surface area contributed by atoms with Gasteiger partial charge in [0.15, 0.2) is 5.41 Å². The molecule has 0 saturated heterocycles. The maximum Gasteiger partial charge on any atom is 0.238 e. The van der Waals surface area contributed by atoms with Crippen molar-refractivity contribution in [2.45, 2.75) is 24.2 Å². The third kappa shape index (κ3) is 2.10. The minimum Gasteiger partial charge on any atom is -0.325 e. The molecule has 1 spiro atoms. The lowest BCUT2D eigenvalue weighted by molar-refractivity contribution is -0.134. The van der Waals surface area contributed by atoms with E-state index >= 15 is 0 Å². The largest absolute Gasteiger partial charge is 0.325 e. The molecule has 132 valence electrons. The van der Waals surface area contributed by atoms with Gasteiger partial charge in [0.1, 0.15) is 11.2 Å². The lowest BCUT2D eigenvalue weighted by Crippen LogP contribution is -2.57. The lowest BCUT2D eigenvalue weighted by atomic mass is 9.49. The fraction of sp³-hybridized carbons (Fsp3) is 0.238. The Kier molecular flexibility index (Phi) is 3.80. The highest BCUT2D eigenvalue weighted by Crippen LogP contribution is 2.62. The molecular formula is C21H14ClN3O2. The van der Waals surface area contributed by atoms with Crippen LogP contribution in [0.1, 0.15) is 29.9 Å². The number of hydrogen-bond acceptors (Lipinski definition) is 4. The number of anilines is 1. The molecule has 2 aromatic rings. The summed E-state index contributed by atoms with van der Waals surface area (Å²) < 4.78 is 0. The smallest absolute Gasteiger partial charge is 0.238 e. The second-order valence-electron chi connectivity index (χ2n) is 6.94. The average Bonchev–Trinajstić information content (AvgIpc) is 2.96. The normalized spacial score (nSPS) is 25.4. The van der Waals surface area contributed by atoms with E-state index in [1.807, 2.05) is 6.07 Å². The topological polar surface area (TPSA) is 93.8 Å². The number of amides is 1. The van der Waals surface area contributed by atoms with Crippen molar-refractivity contribution in [2.75, 3.05) is 5.32 Å². The quantitative estimate of drug-likeness (QED) is 0.822. The zero-order valence-corrected chi connectivity index (χ0v) is 15.0. The van der Waals surface area contributed by atoms with Crippen LogP contribution in [0.3, 0.4) is 0 Å². The van der Waals surface area contributed by atoms with Crippen molar-refractivity contribution in [1.29, 1.82) is 10.5 Å². The Morgan fingerprint density at radius 2 is 1.74 bits per heavy atom. The van der Waals surface area contributed by atoms with Crippen LogP contribution in [-0.2, 0) is 15.0 Å². The summed E-state index contributed by atoms with van der Waals surface area (Å²) in [5, 5.41) is 23.4. The molecule has 27 heavy (non-hydrogen) atoms. The van der Waals surface area contributed by atoms with E-state index in [0.29, 0.717) is 16.8 Å². The van der Waals surface area contributed by atoms with Crippen LogP contribution in [-0.4, -0.2) is 11.7 Å². The Bertz CT molecular complexity index is 1040. The Hall–Kier alpha value is -3.15. The number of fused-ring (bicyclic) bond motifs is 2. The number of ketones is 1. The Labute approximate surface area is 161 Å². The summed E-state index contributed by atoms with van der Waals surface area (Å²) in [6.07, 6.45) is -0.194. The van der Waals surface area contributed by atoms with Gasteiger partial charge in [0.05, 0.1) is 12.1 Å². The molecule has 1 fully saturated rings. The Morgan fingerprint density at radius 3 is 2.41 bits per heavy atom. The molecule has 1 N–H and O–H groups in total. The predicted octanol–water partition coefficient (Wildman–Crippen LogP) is 3.71. The van der Waals surface area contributed by atoms with Gasteiger partial charge in [-0.15, -0.1) is 0 Å². The monoisotopic (exact) mass is 375 g/mol. The predicted molar refractivity (Wildman–Crippen MR) is 98.8 cm³/mol. The molecule has 1 saturated carbocycles. The van der Waals surface area contributed by atoms with Gasteiger partial charge < -0.3 is 5.32 Å². The van der Waals surface area contributed by atoms with Gasteiger partial charge >= 0.3 is 0 Å². The second-order valence-corrected chi connectivity index (χ2v) is 7.34. The third-order valence-electron chi connectivity index (χ3n) is 5.72. The molecule has 0 radical (unpaired) electrons. The first kappa shape index (κ1) is 17.3.